The van der Waals surface area contributed by atoms with Gasteiger partial charge in [0.05, 0.1) is 0 Å². The van der Waals surface area contributed by atoms with Gasteiger partial charge in [-0.05, 0) is 53.7 Å². The highest BCUT2D eigenvalue weighted by atomic mass is 14.5. The highest BCUT2D eigenvalue weighted by Gasteiger charge is 2.41. The van der Waals surface area contributed by atoms with E-state index in [-0.39, 0.29) is 5.41 Å². The first kappa shape index (κ1) is 19.0. The average molecular weight is 325 g/mol. The Morgan fingerprint density at radius 1 is 1.04 bits per heavy atom. The molecule has 2 rings (SSSR count). The number of allylic oxidation sites excluding steroid dienone is 4. The van der Waals surface area contributed by atoms with Crippen LogP contribution >= 0.6 is 0 Å². The molecule has 0 nitrogen and oxygen atoms in total. The van der Waals surface area contributed by atoms with Crippen molar-refractivity contribution >= 4 is 5.57 Å². The summed E-state index contributed by atoms with van der Waals surface area (Å²) in [5, 5.41) is 0. The third-order valence-electron chi connectivity index (χ3n) is 6.35. The molecule has 2 atom stereocenters. The van der Waals surface area contributed by atoms with Crippen LogP contribution in [0.1, 0.15) is 91.2 Å². The second-order valence-corrected chi connectivity index (χ2v) is 8.32. The standard InChI is InChI=1S/C24H36/c1-8-11-22-23(5,6)21(16-17-24(22,7)10-3)20-14-12-19(13-15-20)18(4)9-2/h11-16,18H,8-10,17H2,1-7H3/b22-11-/t18?,24-/m0/s1. The number of rotatable bonds is 5. The lowest BCUT2D eigenvalue weighted by atomic mass is 9.58. The van der Waals surface area contributed by atoms with Crippen LogP contribution in [0.2, 0.25) is 0 Å². The molecule has 0 radical (unpaired) electrons. The summed E-state index contributed by atoms with van der Waals surface area (Å²) in [6, 6.07) is 9.34. The minimum absolute atomic E-state index is 0.108. The Bertz CT molecular complexity index is 612. The summed E-state index contributed by atoms with van der Waals surface area (Å²) in [5.41, 5.74) is 6.40. The van der Waals surface area contributed by atoms with Crippen molar-refractivity contribution in [2.45, 2.75) is 80.1 Å². The molecule has 0 heterocycles. The van der Waals surface area contributed by atoms with Gasteiger partial charge in [-0.25, -0.2) is 0 Å². The van der Waals surface area contributed by atoms with E-state index in [4.69, 9.17) is 0 Å². The van der Waals surface area contributed by atoms with E-state index in [0.29, 0.717) is 11.3 Å². The van der Waals surface area contributed by atoms with Gasteiger partial charge in [0, 0.05) is 5.41 Å². The topological polar surface area (TPSA) is 0 Å². The maximum atomic E-state index is 2.51. The molecule has 0 amide bonds. The van der Waals surface area contributed by atoms with Crippen LogP contribution in [0.15, 0.2) is 42.0 Å². The first-order chi connectivity index (χ1) is 11.3. The molecule has 1 aliphatic rings. The molecule has 0 saturated carbocycles. The molecule has 0 aromatic heterocycles. The molecule has 0 N–H and O–H groups in total. The molecule has 24 heavy (non-hydrogen) atoms. The number of benzene rings is 1. The van der Waals surface area contributed by atoms with Crippen LogP contribution in [0, 0.1) is 10.8 Å². The summed E-state index contributed by atoms with van der Waals surface area (Å²) in [6.45, 7) is 16.4. The second-order valence-electron chi connectivity index (χ2n) is 8.32. The fourth-order valence-electron chi connectivity index (χ4n) is 4.34. The molecule has 1 unspecified atom stereocenters. The van der Waals surface area contributed by atoms with E-state index in [2.05, 4.69) is 84.9 Å². The molecular weight excluding hydrogens is 288 g/mol. The van der Waals surface area contributed by atoms with E-state index in [1.807, 2.05) is 0 Å². The minimum Gasteiger partial charge on any atom is -0.0842 e. The molecule has 0 bridgehead atoms. The summed E-state index contributed by atoms with van der Waals surface area (Å²) in [7, 11) is 0. The van der Waals surface area contributed by atoms with Crippen LogP contribution in [0.25, 0.3) is 5.57 Å². The molecule has 1 aromatic rings. The molecule has 1 aliphatic carbocycles. The fourth-order valence-corrected chi connectivity index (χ4v) is 4.34. The van der Waals surface area contributed by atoms with Crippen molar-refractivity contribution in [1.82, 2.24) is 0 Å². The second kappa shape index (κ2) is 7.30. The minimum atomic E-state index is 0.108. The molecule has 0 saturated heterocycles. The quantitative estimate of drug-likeness (QED) is 0.485. The predicted octanol–water partition coefficient (Wildman–Crippen LogP) is 7.77. The summed E-state index contributed by atoms with van der Waals surface area (Å²) >= 11 is 0. The van der Waals surface area contributed by atoms with Gasteiger partial charge in [0.2, 0.25) is 0 Å². The van der Waals surface area contributed by atoms with E-state index in [1.165, 1.54) is 29.5 Å². The van der Waals surface area contributed by atoms with E-state index in [9.17, 15) is 0 Å². The lowest BCUT2D eigenvalue weighted by Gasteiger charge is -2.46. The smallest absolute Gasteiger partial charge is 0.0113 e. The van der Waals surface area contributed by atoms with Crippen LogP contribution in [-0.2, 0) is 0 Å². The van der Waals surface area contributed by atoms with Gasteiger partial charge < -0.3 is 0 Å². The Kier molecular flexibility index (Phi) is 5.78. The molecular formula is C24H36. The van der Waals surface area contributed by atoms with Crippen molar-refractivity contribution in [1.29, 1.82) is 0 Å². The Morgan fingerprint density at radius 2 is 1.67 bits per heavy atom. The third-order valence-corrected chi connectivity index (χ3v) is 6.35. The highest BCUT2D eigenvalue weighted by Crippen LogP contribution is 2.55. The lowest BCUT2D eigenvalue weighted by molar-refractivity contribution is 0.310. The molecule has 1 aromatic carbocycles. The summed E-state index contributed by atoms with van der Waals surface area (Å²) in [6.07, 6.45) is 9.68. The SMILES string of the molecule is CC/C=C1/C(C)(C)C(c2ccc(C(C)CC)cc2)=CC[C@]1(C)CC. The molecule has 132 valence electrons. The Labute approximate surface area is 150 Å². The first-order valence-corrected chi connectivity index (χ1v) is 9.82. The van der Waals surface area contributed by atoms with E-state index < -0.39 is 0 Å². The third kappa shape index (κ3) is 3.39. The monoisotopic (exact) mass is 324 g/mol. The Hall–Kier alpha value is -1.30. The summed E-state index contributed by atoms with van der Waals surface area (Å²) < 4.78 is 0. The zero-order chi connectivity index (χ0) is 18.0. The van der Waals surface area contributed by atoms with Gasteiger partial charge in [0.15, 0.2) is 0 Å². The van der Waals surface area contributed by atoms with Crippen LogP contribution < -0.4 is 0 Å². The molecule has 0 heteroatoms. The van der Waals surface area contributed by atoms with Gasteiger partial charge in [-0.3, -0.25) is 0 Å². The van der Waals surface area contributed by atoms with Crippen molar-refractivity contribution in [2.24, 2.45) is 10.8 Å². The van der Waals surface area contributed by atoms with Crippen LogP contribution in [0.3, 0.4) is 0 Å². The predicted molar refractivity (Wildman–Crippen MR) is 108 cm³/mol. The molecule has 0 spiro atoms. The van der Waals surface area contributed by atoms with Gasteiger partial charge >= 0.3 is 0 Å². The van der Waals surface area contributed by atoms with E-state index in [1.54, 1.807) is 5.57 Å². The number of hydrogen-bond donors (Lipinski definition) is 0. The van der Waals surface area contributed by atoms with Gasteiger partial charge in [0.1, 0.15) is 0 Å². The lowest BCUT2D eigenvalue weighted by Crippen LogP contribution is -2.33. The van der Waals surface area contributed by atoms with Gasteiger partial charge in [-0.2, -0.15) is 0 Å². The fraction of sp³-hybridized carbons (Fsp3) is 0.583. The molecule has 0 aliphatic heterocycles. The summed E-state index contributed by atoms with van der Waals surface area (Å²) in [5.74, 6) is 0.645. The van der Waals surface area contributed by atoms with Crippen LogP contribution in [-0.4, -0.2) is 0 Å². The molecule has 0 fully saturated rings. The highest BCUT2D eigenvalue weighted by molar-refractivity contribution is 5.75. The van der Waals surface area contributed by atoms with Crippen molar-refractivity contribution in [3.8, 4) is 0 Å². The van der Waals surface area contributed by atoms with Crippen molar-refractivity contribution in [2.75, 3.05) is 0 Å². The van der Waals surface area contributed by atoms with Crippen molar-refractivity contribution in [3.63, 3.8) is 0 Å². The van der Waals surface area contributed by atoms with Crippen LogP contribution in [0.4, 0.5) is 0 Å². The van der Waals surface area contributed by atoms with E-state index >= 15 is 0 Å². The maximum absolute atomic E-state index is 2.51. The van der Waals surface area contributed by atoms with Crippen molar-refractivity contribution in [3.05, 3.63) is 53.1 Å². The van der Waals surface area contributed by atoms with Crippen molar-refractivity contribution < 1.29 is 0 Å². The Balaban J connectivity index is 2.45. The van der Waals surface area contributed by atoms with Crippen LogP contribution in [0.5, 0.6) is 0 Å². The normalized spacial score (nSPS) is 26.3. The zero-order valence-electron chi connectivity index (χ0n) is 16.9. The average Bonchev–Trinajstić information content (AvgIpc) is 2.58. The first-order valence-electron chi connectivity index (χ1n) is 9.82. The van der Waals surface area contributed by atoms with Gasteiger partial charge in [0.25, 0.3) is 0 Å². The summed E-state index contributed by atoms with van der Waals surface area (Å²) in [4.78, 5) is 0. The Morgan fingerprint density at radius 3 is 2.17 bits per heavy atom. The van der Waals surface area contributed by atoms with E-state index in [0.717, 1.165) is 12.8 Å². The largest absolute Gasteiger partial charge is 0.0842 e. The van der Waals surface area contributed by atoms with Gasteiger partial charge in [-0.15, -0.1) is 0 Å². The maximum Gasteiger partial charge on any atom is 0.0113 e. The van der Waals surface area contributed by atoms with Gasteiger partial charge in [-0.1, -0.05) is 90.5 Å². The number of hydrogen-bond acceptors (Lipinski definition) is 0. The zero-order valence-corrected chi connectivity index (χ0v) is 16.9.